The van der Waals surface area contributed by atoms with Crippen molar-refractivity contribution in [1.82, 2.24) is 5.32 Å². The molecule has 0 fully saturated rings. The lowest BCUT2D eigenvalue weighted by Gasteiger charge is -2.33. The molecule has 3 aromatic rings. The Morgan fingerprint density at radius 2 is 1.82 bits per heavy atom. The predicted octanol–water partition coefficient (Wildman–Crippen LogP) is 4.55. The minimum atomic E-state index is -0.398. The van der Waals surface area contributed by atoms with Gasteiger partial charge in [-0.15, -0.1) is 0 Å². The number of ether oxygens (including phenoxy) is 3. The summed E-state index contributed by atoms with van der Waals surface area (Å²) in [7, 11) is 3.21. The van der Waals surface area contributed by atoms with Gasteiger partial charge in [0.05, 0.1) is 26.4 Å². The number of carbonyl (C=O) groups is 1. The SMILES string of the molecule is COc1ccc(C2CC(NC(=O)Nc3cccc4c3CC(O)C4)c3ccccc3O2)cc1OC. The van der Waals surface area contributed by atoms with E-state index in [0.29, 0.717) is 30.8 Å². The van der Waals surface area contributed by atoms with E-state index >= 15 is 0 Å². The van der Waals surface area contributed by atoms with Gasteiger partial charge in [0, 0.05) is 24.1 Å². The molecule has 3 atom stereocenters. The van der Waals surface area contributed by atoms with E-state index < -0.39 is 6.10 Å². The van der Waals surface area contributed by atoms with Crippen molar-refractivity contribution >= 4 is 11.7 Å². The van der Waals surface area contributed by atoms with Gasteiger partial charge < -0.3 is 30.0 Å². The van der Waals surface area contributed by atoms with Crippen LogP contribution in [0, 0.1) is 0 Å². The highest BCUT2D eigenvalue weighted by Gasteiger charge is 2.31. The fraction of sp³-hybridized carbons (Fsp3) is 0.296. The summed E-state index contributed by atoms with van der Waals surface area (Å²) in [5, 5.41) is 16.1. The summed E-state index contributed by atoms with van der Waals surface area (Å²) in [6.45, 7) is 0. The summed E-state index contributed by atoms with van der Waals surface area (Å²) in [4.78, 5) is 13.0. The molecule has 0 saturated carbocycles. The molecule has 1 aliphatic carbocycles. The van der Waals surface area contributed by atoms with Crippen molar-refractivity contribution in [2.45, 2.75) is 37.5 Å². The molecule has 5 rings (SSSR count). The zero-order valence-corrected chi connectivity index (χ0v) is 19.2. The van der Waals surface area contributed by atoms with Gasteiger partial charge in [0.2, 0.25) is 0 Å². The van der Waals surface area contributed by atoms with E-state index in [9.17, 15) is 9.90 Å². The predicted molar refractivity (Wildman–Crippen MR) is 129 cm³/mol. The van der Waals surface area contributed by atoms with Crippen LogP contribution in [-0.2, 0) is 12.8 Å². The highest BCUT2D eigenvalue weighted by molar-refractivity contribution is 5.90. The number of amides is 2. The Kier molecular flexibility index (Phi) is 6.02. The van der Waals surface area contributed by atoms with E-state index in [1.54, 1.807) is 14.2 Å². The maximum atomic E-state index is 13.0. The molecule has 2 aliphatic rings. The van der Waals surface area contributed by atoms with E-state index in [1.165, 1.54) is 0 Å². The molecule has 0 saturated heterocycles. The van der Waals surface area contributed by atoms with Gasteiger partial charge >= 0.3 is 6.03 Å². The Hall–Kier alpha value is -3.71. The molecule has 3 aromatic carbocycles. The quantitative estimate of drug-likeness (QED) is 0.520. The molecule has 176 valence electrons. The monoisotopic (exact) mass is 460 g/mol. The number of urea groups is 1. The van der Waals surface area contributed by atoms with Crippen molar-refractivity contribution in [3.63, 3.8) is 0 Å². The number of hydrogen-bond acceptors (Lipinski definition) is 5. The van der Waals surface area contributed by atoms with Crippen LogP contribution >= 0.6 is 0 Å². The van der Waals surface area contributed by atoms with E-state index in [1.807, 2.05) is 60.7 Å². The molecular weight excluding hydrogens is 432 g/mol. The second-order valence-electron chi connectivity index (χ2n) is 8.65. The maximum Gasteiger partial charge on any atom is 0.319 e. The molecule has 0 aromatic heterocycles. The maximum absolute atomic E-state index is 13.0. The first kappa shape index (κ1) is 22.1. The molecule has 7 nitrogen and oxygen atoms in total. The standard InChI is InChI=1S/C27H28N2O5/c1-32-24-11-10-17(13-26(24)33-2)25-15-22(19-7-3-4-9-23(19)34-25)29-27(31)28-21-8-5-6-16-12-18(30)14-20(16)21/h3-11,13,18,22,25,30H,12,14-15H2,1-2H3,(H2,28,29,31). The molecule has 2 amide bonds. The van der Waals surface area contributed by atoms with Crippen LogP contribution in [0.25, 0.3) is 0 Å². The van der Waals surface area contributed by atoms with E-state index in [0.717, 1.165) is 33.7 Å². The van der Waals surface area contributed by atoms with Crippen LogP contribution in [-0.4, -0.2) is 31.5 Å². The van der Waals surface area contributed by atoms with Crippen LogP contribution < -0.4 is 24.8 Å². The van der Waals surface area contributed by atoms with Crippen molar-refractivity contribution in [3.05, 3.63) is 82.9 Å². The zero-order valence-electron chi connectivity index (χ0n) is 19.2. The van der Waals surface area contributed by atoms with Gasteiger partial charge in [0.1, 0.15) is 11.9 Å². The van der Waals surface area contributed by atoms with Gasteiger partial charge in [0.15, 0.2) is 11.5 Å². The first-order chi connectivity index (χ1) is 16.6. The van der Waals surface area contributed by atoms with Crippen LogP contribution in [0.2, 0.25) is 0 Å². The molecule has 1 heterocycles. The smallest absolute Gasteiger partial charge is 0.319 e. The first-order valence-corrected chi connectivity index (χ1v) is 11.4. The number of aliphatic hydroxyl groups is 1. The number of nitrogens with one attached hydrogen (secondary N) is 2. The Labute approximate surface area is 198 Å². The summed E-state index contributed by atoms with van der Waals surface area (Å²) >= 11 is 0. The van der Waals surface area contributed by atoms with Crippen molar-refractivity contribution in [3.8, 4) is 17.2 Å². The van der Waals surface area contributed by atoms with Crippen molar-refractivity contribution in [2.24, 2.45) is 0 Å². The van der Waals surface area contributed by atoms with Gasteiger partial charge in [-0.3, -0.25) is 0 Å². The number of methoxy groups -OCH3 is 2. The largest absolute Gasteiger partial charge is 0.493 e. The summed E-state index contributed by atoms with van der Waals surface area (Å²) in [5.41, 5.74) is 4.69. The summed E-state index contributed by atoms with van der Waals surface area (Å²) in [6, 6.07) is 18.7. The number of benzene rings is 3. The normalized spacial score (nSPS) is 20.5. The van der Waals surface area contributed by atoms with Gasteiger partial charge in [-0.25, -0.2) is 4.79 Å². The molecule has 3 N–H and O–H groups in total. The fourth-order valence-corrected chi connectivity index (χ4v) is 4.87. The highest BCUT2D eigenvalue weighted by atomic mass is 16.5. The highest BCUT2D eigenvalue weighted by Crippen LogP contribution is 2.42. The van der Waals surface area contributed by atoms with E-state index in [2.05, 4.69) is 10.6 Å². The third-order valence-corrected chi connectivity index (χ3v) is 6.51. The summed E-state index contributed by atoms with van der Waals surface area (Å²) in [6.07, 6.45) is 1.06. The molecule has 7 heteroatoms. The lowest BCUT2D eigenvalue weighted by atomic mass is 9.93. The number of fused-ring (bicyclic) bond motifs is 2. The first-order valence-electron chi connectivity index (χ1n) is 11.4. The molecule has 34 heavy (non-hydrogen) atoms. The fourth-order valence-electron chi connectivity index (χ4n) is 4.87. The lowest BCUT2D eigenvalue weighted by Crippen LogP contribution is -2.36. The molecule has 0 spiro atoms. The van der Waals surface area contributed by atoms with E-state index in [-0.39, 0.29) is 18.2 Å². The number of carbonyl (C=O) groups excluding carboxylic acids is 1. The van der Waals surface area contributed by atoms with Crippen molar-refractivity contribution in [2.75, 3.05) is 19.5 Å². The molecule has 1 aliphatic heterocycles. The number of rotatable bonds is 5. The molecule has 3 unspecified atom stereocenters. The minimum Gasteiger partial charge on any atom is -0.493 e. The number of aliphatic hydroxyl groups excluding tert-OH is 1. The van der Waals surface area contributed by atoms with Gasteiger partial charge in [0.25, 0.3) is 0 Å². The van der Waals surface area contributed by atoms with Crippen LogP contribution in [0.4, 0.5) is 10.5 Å². The van der Waals surface area contributed by atoms with Crippen LogP contribution in [0.3, 0.4) is 0 Å². The summed E-state index contributed by atoms with van der Waals surface area (Å²) in [5.74, 6) is 2.02. The Bertz CT molecular complexity index is 1210. The molecule has 0 radical (unpaired) electrons. The molecule has 0 bridgehead atoms. The third kappa shape index (κ3) is 4.26. The Morgan fingerprint density at radius 1 is 1.00 bits per heavy atom. The van der Waals surface area contributed by atoms with Crippen LogP contribution in [0.5, 0.6) is 17.2 Å². The van der Waals surface area contributed by atoms with Crippen molar-refractivity contribution in [1.29, 1.82) is 0 Å². The van der Waals surface area contributed by atoms with Crippen LogP contribution in [0.1, 0.15) is 40.8 Å². The van der Waals surface area contributed by atoms with E-state index in [4.69, 9.17) is 14.2 Å². The zero-order chi connectivity index (χ0) is 23.7. The Morgan fingerprint density at radius 3 is 2.65 bits per heavy atom. The lowest BCUT2D eigenvalue weighted by molar-refractivity contribution is 0.152. The average molecular weight is 461 g/mol. The van der Waals surface area contributed by atoms with Gasteiger partial charge in [-0.2, -0.15) is 0 Å². The Balaban J connectivity index is 1.37. The second kappa shape index (κ2) is 9.27. The van der Waals surface area contributed by atoms with Gasteiger partial charge in [-0.1, -0.05) is 36.4 Å². The van der Waals surface area contributed by atoms with Gasteiger partial charge in [-0.05, 0) is 47.4 Å². The van der Waals surface area contributed by atoms with Crippen molar-refractivity contribution < 1.29 is 24.1 Å². The second-order valence-corrected chi connectivity index (χ2v) is 8.65. The topological polar surface area (TPSA) is 89.1 Å². The molecular formula is C27H28N2O5. The number of anilines is 1. The number of para-hydroxylation sites is 1. The minimum absolute atomic E-state index is 0.245. The average Bonchev–Trinajstić information content (AvgIpc) is 3.24. The summed E-state index contributed by atoms with van der Waals surface area (Å²) < 4.78 is 17.1. The van der Waals surface area contributed by atoms with Crippen LogP contribution in [0.15, 0.2) is 60.7 Å². The number of hydrogen-bond donors (Lipinski definition) is 3. The third-order valence-electron chi connectivity index (χ3n) is 6.51.